The van der Waals surface area contributed by atoms with Crippen molar-refractivity contribution in [3.63, 3.8) is 0 Å². The number of ether oxygens (including phenoxy) is 1. The molecule has 31 heavy (non-hydrogen) atoms. The second kappa shape index (κ2) is 10.1. The van der Waals surface area contributed by atoms with Gasteiger partial charge in [-0.15, -0.1) is 0 Å². The number of aliphatic hydroxyl groups is 1. The number of anilines is 1. The van der Waals surface area contributed by atoms with E-state index in [1.807, 2.05) is 0 Å². The predicted octanol–water partition coefficient (Wildman–Crippen LogP) is 1.64. The van der Waals surface area contributed by atoms with E-state index < -0.39 is 21.1 Å². The van der Waals surface area contributed by atoms with Gasteiger partial charge in [0.25, 0.3) is 5.69 Å². The average molecular weight is 467 g/mol. The number of hydrogen-bond acceptors (Lipinski definition) is 7. The maximum Gasteiger partial charge on any atom is 0.269 e. The van der Waals surface area contributed by atoms with E-state index in [1.165, 1.54) is 40.7 Å². The Labute approximate surface area is 185 Å². The van der Waals surface area contributed by atoms with Gasteiger partial charge in [0.05, 0.1) is 29.1 Å². The van der Waals surface area contributed by atoms with E-state index in [2.05, 4.69) is 10.6 Å². The zero-order valence-corrected chi connectivity index (χ0v) is 18.1. The first-order valence-electron chi connectivity index (χ1n) is 9.42. The van der Waals surface area contributed by atoms with E-state index in [1.54, 1.807) is 12.1 Å². The van der Waals surface area contributed by atoms with Crippen LogP contribution >= 0.6 is 12.2 Å². The summed E-state index contributed by atoms with van der Waals surface area (Å²) in [7, 11) is -3.57. The molecule has 12 heteroatoms. The van der Waals surface area contributed by atoms with Crippen molar-refractivity contribution < 1.29 is 23.2 Å². The van der Waals surface area contributed by atoms with Crippen LogP contribution < -0.4 is 10.6 Å². The molecule has 1 heterocycles. The highest BCUT2D eigenvalue weighted by Gasteiger charge is 2.26. The highest BCUT2D eigenvalue weighted by Crippen LogP contribution is 2.20. The van der Waals surface area contributed by atoms with Crippen molar-refractivity contribution in [1.29, 1.82) is 0 Å². The van der Waals surface area contributed by atoms with E-state index in [-0.39, 0.29) is 22.2 Å². The summed E-state index contributed by atoms with van der Waals surface area (Å²) in [6.45, 7) is 1.50. The van der Waals surface area contributed by atoms with Crippen LogP contribution in [0, 0.1) is 10.1 Å². The SMILES string of the molecule is O=[N+]([O-])c1ccc(C(O)CNC(=S)Nc2ccc(S(=O)(=O)N3CCOCC3)cc2)cc1. The molecule has 0 radical (unpaired) electrons. The maximum atomic E-state index is 12.6. The standard InChI is InChI=1S/C19H22N4O6S2/c24-18(14-1-5-16(6-2-14)23(25)26)13-20-19(30)21-15-3-7-17(8-4-15)31(27,28)22-9-11-29-12-10-22/h1-8,18,24H,9-13H2,(H2,20,21,30). The highest BCUT2D eigenvalue weighted by molar-refractivity contribution is 7.89. The van der Waals surface area contributed by atoms with Gasteiger partial charge in [-0.1, -0.05) is 0 Å². The van der Waals surface area contributed by atoms with Gasteiger partial charge in [0, 0.05) is 37.5 Å². The number of benzene rings is 2. The Morgan fingerprint density at radius 1 is 1.16 bits per heavy atom. The number of sulfonamides is 1. The molecular weight excluding hydrogens is 444 g/mol. The van der Waals surface area contributed by atoms with Crippen LogP contribution in [0.5, 0.6) is 0 Å². The van der Waals surface area contributed by atoms with Gasteiger partial charge in [-0.25, -0.2) is 8.42 Å². The molecule has 0 amide bonds. The van der Waals surface area contributed by atoms with Gasteiger partial charge in [-0.3, -0.25) is 10.1 Å². The molecule has 0 spiro atoms. The van der Waals surface area contributed by atoms with Crippen molar-refractivity contribution in [2.24, 2.45) is 0 Å². The Morgan fingerprint density at radius 3 is 2.35 bits per heavy atom. The molecule has 2 aromatic rings. The van der Waals surface area contributed by atoms with E-state index in [9.17, 15) is 23.6 Å². The third-order valence-electron chi connectivity index (χ3n) is 4.66. The maximum absolute atomic E-state index is 12.6. The molecule has 1 atom stereocenters. The monoisotopic (exact) mass is 466 g/mol. The van der Waals surface area contributed by atoms with Crippen LogP contribution in [0.25, 0.3) is 0 Å². The summed E-state index contributed by atoms with van der Waals surface area (Å²) in [6, 6.07) is 11.8. The quantitative estimate of drug-likeness (QED) is 0.316. The molecule has 1 unspecified atom stereocenters. The Hall–Kier alpha value is -2.64. The topological polar surface area (TPSA) is 134 Å². The molecule has 1 saturated heterocycles. The van der Waals surface area contributed by atoms with Crippen LogP contribution in [0.15, 0.2) is 53.4 Å². The van der Waals surface area contributed by atoms with E-state index in [0.717, 1.165) is 0 Å². The summed E-state index contributed by atoms with van der Waals surface area (Å²) in [5, 5.41) is 26.9. The number of rotatable bonds is 7. The van der Waals surface area contributed by atoms with Crippen molar-refractivity contribution in [1.82, 2.24) is 9.62 Å². The molecular formula is C19H22N4O6S2. The molecule has 2 aromatic carbocycles. The lowest BCUT2D eigenvalue weighted by molar-refractivity contribution is -0.384. The zero-order valence-electron chi connectivity index (χ0n) is 16.4. The minimum absolute atomic E-state index is 0.0554. The Morgan fingerprint density at radius 2 is 1.77 bits per heavy atom. The second-order valence-electron chi connectivity index (χ2n) is 6.74. The summed E-state index contributed by atoms with van der Waals surface area (Å²) in [5.74, 6) is 0. The third-order valence-corrected chi connectivity index (χ3v) is 6.82. The smallest absolute Gasteiger partial charge is 0.269 e. The number of thiocarbonyl (C=S) groups is 1. The lowest BCUT2D eigenvalue weighted by Gasteiger charge is -2.26. The molecule has 3 rings (SSSR count). The fourth-order valence-electron chi connectivity index (χ4n) is 2.95. The molecule has 0 aliphatic carbocycles. The number of aliphatic hydroxyl groups excluding tert-OH is 1. The van der Waals surface area contributed by atoms with Crippen molar-refractivity contribution in [3.8, 4) is 0 Å². The van der Waals surface area contributed by atoms with Crippen molar-refractivity contribution in [2.75, 3.05) is 38.2 Å². The minimum atomic E-state index is -3.57. The third kappa shape index (κ3) is 5.95. The summed E-state index contributed by atoms with van der Waals surface area (Å²) in [5.41, 5.74) is 1.04. The number of nitrogens with zero attached hydrogens (tertiary/aromatic N) is 2. The Balaban J connectivity index is 1.52. The van der Waals surface area contributed by atoms with Crippen LogP contribution in [-0.4, -0.2) is 60.7 Å². The van der Waals surface area contributed by atoms with Crippen LogP contribution in [0.4, 0.5) is 11.4 Å². The van der Waals surface area contributed by atoms with Gasteiger partial charge >= 0.3 is 0 Å². The molecule has 1 fully saturated rings. The molecule has 1 aliphatic heterocycles. The summed E-state index contributed by atoms with van der Waals surface area (Å²) < 4.78 is 31.9. The molecule has 10 nitrogen and oxygen atoms in total. The van der Waals surface area contributed by atoms with Crippen LogP contribution in [0.1, 0.15) is 11.7 Å². The summed E-state index contributed by atoms with van der Waals surface area (Å²) in [6.07, 6.45) is -0.915. The van der Waals surface area contributed by atoms with Crippen LogP contribution in [-0.2, 0) is 14.8 Å². The Kier molecular flexibility index (Phi) is 7.51. The largest absolute Gasteiger partial charge is 0.387 e. The molecule has 0 saturated carbocycles. The first-order chi connectivity index (χ1) is 14.8. The minimum Gasteiger partial charge on any atom is -0.387 e. The van der Waals surface area contributed by atoms with Gasteiger partial charge < -0.3 is 20.5 Å². The number of nitrogens with one attached hydrogen (secondary N) is 2. The number of non-ortho nitro benzene ring substituents is 1. The lowest BCUT2D eigenvalue weighted by atomic mass is 10.1. The normalized spacial score (nSPS) is 15.8. The number of nitro groups is 1. The molecule has 3 N–H and O–H groups in total. The van der Waals surface area contributed by atoms with E-state index >= 15 is 0 Å². The first kappa shape index (κ1) is 23.0. The van der Waals surface area contributed by atoms with Gasteiger partial charge in [0.15, 0.2) is 5.11 Å². The van der Waals surface area contributed by atoms with E-state index in [0.29, 0.717) is 37.6 Å². The number of morpholine rings is 1. The average Bonchev–Trinajstić information content (AvgIpc) is 2.78. The molecule has 166 valence electrons. The number of hydrogen-bond donors (Lipinski definition) is 3. The molecule has 1 aliphatic rings. The lowest BCUT2D eigenvalue weighted by Crippen LogP contribution is -2.40. The molecule has 0 bridgehead atoms. The molecule has 0 aromatic heterocycles. The van der Waals surface area contributed by atoms with Gasteiger partial charge in [0.2, 0.25) is 10.0 Å². The fraction of sp³-hybridized carbons (Fsp3) is 0.316. The van der Waals surface area contributed by atoms with Crippen LogP contribution in [0.2, 0.25) is 0 Å². The van der Waals surface area contributed by atoms with Crippen molar-refractivity contribution in [2.45, 2.75) is 11.0 Å². The van der Waals surface area contributed by atoms with Gasteiger partial charge in [-0.05, 0) is 54.2 Å². The van der Waals surface area contributed by atoms with Crippen LogP contribution in [0.3, 0.4) is 0 Å². The fourth-order valence-corrected chi connectivity index (χ4v) is 4.56. The van der Waals surface area contributed by atoms with Crippen molar-refractivity contribution >= 4 is 38.7 Å². The Bertz CT molecular complexity index is 1020. The summed E-state index contributed by atoms with van der Waals surface area (Å²) >= 11 is 5.21. The summed E-state index contributed by atoms with van der Waals surface area (Å²) in [4.78, 5) is 10.4. The van der Waals surface area contributed by atoms with Gasteiger partial charge in [0.1, 0.15) is 0 Å². The number of nitro benzene ring substituents is 1. The van der Waals surface area contributed by atoms with Crippen molar-refractivity contribution in [3.05, 3.63) is 64.2 Å². The second-order valence-corrected chi connectivity index (χ2v) is 9.09. The van der Waals surface area contributed by atoms with E-state index in [4.69, 9.17) is 17.0 Å². The highest BCUT2D eigenvalue weighted by atomic mass is 32.2. The first-order valence-corrected chi connectivity index (χ1v) is 11.3. The zero-order chi connectivity index (χ0) is 22.4. The predicted molar refractivity (Wildman–Crippen MR) is 118 cm³/mol. The van der Waals surface area contributed by atoms with Gasteiger partial charge in [-0.2, -0.15) is 4.31 Å².